The van der Waals surface area contributed by atoms with E-state index in [-0.39, 0.29) is 10.6 Å². The van der Waals surface area contributed by atoms with Crippen LogP contribution >= 0.6 is 11.6 Å². The number of aromatic nitrogens is 3. The second kappa shape index (κ2) is 6.93. The van der Waals surface area contributed by atoms with Crippen molar-refractivity contribution in [2.75, 3.05) is 18.5 Å². The van der Waals surface area contributed by atoms with Crippen molar-refractivity contribution in [1.82, 2.24) is 14.4 Å². The molecule has 146 valence electrons. The summed E-state index contributed by atoms with van der Waals surface area (Å²) in [6.45, 7) is 2.94. The van der Waals surface area contributed by atoms with Crippen molar-refractivity contribution in [3.8, 4) is 22.8 Å². The molecule has 1 aliphatic rings. The molecule has 0 saturated carbocycles. The molecule has 0 saturated heterocycles. The quantitative estimate of drug-likeness (QED) is 0.514. The van der Waals surface area contributed by atoms with E-state index in [4.69, 9.17) is 21.1 Å². The van der Waals surface area contributed by atoms with Crippen LogP contribution in [0.1, 0.15) is 5.56 Å². The summed E-state index contributed by atoms with van der Waals surface area (Å²) in [6.07, 6.45) is 3.59. The number of nitrogens with one attached hydrogen (secondary N) is 1. The molecule has 0 spiro atoms. The van der Waals surface area contributed by atoms with Gasteiger partial charge in [-0.1, -0.05) is 17.7 Å². The average molecular weight is 411 g/mol. The lowest BCUT2D eigenvalue weighted by molar-refractivity contribution is 0.171. The van der Waals surface area contributed by atoms with Crippen molar-refractivity contribution in [3.63, 3.8) is 0 Å². The van der Waals surface area contributed by atoms with Crippen LogP contribution in [0.3, 0.4) is 0 Å². The van der Waals surface area contributed by atoms with Gasteiger partial charge in [0.05, 0.1) is 10.6 Å². The number of rotatable bonds is 3. The Balaban J connectivity index is 1.68. The molecule has 0 bridgehead atoms. The van der Waals surface area contributed by atoms with Crippen molar-refractivity contribution in [2.45, 2.75) is 6.92 Å². The Morgan fingerprint density at radius 3 is 2.79 bits per heavy atom. The molecule has 0 aliphatic carbocycles. The van der Waals surface area contributed by atoms with Gasteiger partial charge in [0.1, 0.15) is 30.5 Å². The zero-order valence-corrected chi connectivity index (χ0v) is 16.2. The molecule has 29 heavy (non-hydrogen) atoms. The molecule has 5 rings (SSSR count). The summed E-state index contributed by atoms with van der Waals surface area (Å²) >= 11 is 6.32. The molecule has 0 unspecified atom stereocenters. The monoisotopic (exact) mass is 410 g/mol. The number of nitrogens with zero attached hydrogens (tertiary/aromatic N) is 3. The van der Waals surface area contributed by atoms with Crippen molar-refractivity contribution in [2.24, 2.45) is 0 Å². The minimum atomic E-state index is -0.456. The second-order valence-corrected chi connectivity index (χ2v) is 7.10. The van der Waals surface area contributed by atoms with Crippen molar-refractivity contribution >= 4 is 28.9 Å². The molecule has 0 atom stereocenters. The Morgan fingerprint density at radius 2 is 1.97 bits per heavy atom. The van der Waals surface area contributed by atoms with Gasteiger partial charge in [-0.25, -0.2) is 14.4 Å². The van der Waals surface area contributed by atoms with Crippen LogP contribution in [0.15, 0.2) is 48.8 Å². The van der Waals surface area contributed by atoms with Gasteiger partial charge in [-0.3, -0.25) is 4.40 Å². The van der Waals surface area contributed by atoms with Crippen LogP contribution in [-0.4, -0.2) is 27.6 Å². The summed E-state index contributed by atoms with van der Waals surface area (Å²) in [5.74, 6) is 1.87. The fourth-order valence-electron chi connectivity index (χ4n) is 3.31. The van der Waals surface area contributed by atoms with Gasteiger partial charge in [0.15, 0.2) is 11.5 Å². The third-order valence-corrected chi connectivity index (χ3v) is 4.93. The van der Waals surface area contributed by atoms with Crippen LogP contribution in [0.5, 0.6) is 11.5 Å². The van der Waals surface area contributed by atoms with Crippen LogP contribution in [-0.2, 0) is 0 Å². The SMILES string of the molecule is Cc1cnc2nc(-c3c(F)cccc3Cl)c(Nc3ccc4c(c3)OCCO4)n2c1. The van der Waals surface area contributed by atoms with Crippen LogP contribution in [0.25, 0.3) is 17.0 Å². The predicted octanol–water partition coefficient (Wildman–Crippen LogP) is 5.01. The first-order chi connectivity index (χ1) is 14.1. The maximum absolute atomic E-state index is 14.7. The molecule has 4 aromatic rings. The van der Waals surface area contributed by atoms with E-state index in [1.54, 1.807) is 22.7 Å². The highest BCUT2D eigenvalue weighted by molar-refractivity contribution is 6.33. The number of ether oxygens (including phenoxy) is 2. The number of imidazole rings is 1. The van der Waals surface area contributed by atoms with Crippen LogP contribution in [0.2, 0.25) is 5.02 Å². The van der Waals surface area contributed by atoms with Crippen LogP contribution in [0.4, 0.5) is 15.9 Å². The third kappa shape index (κ3) is 3.13. The lowest BCUT2D eigenvalue weighted by atomic mass is 10.1. The summed E-state index contributed by atoms with van der Waals surface area (Å²) < 4.78 is 27.7. The van der Waals surface area contributed by atoms with Gasteiger partial charge < -0.3 is 14.8 Å². The minimum absolute atomic E-state index is 0.220. The maximum Gasteiger partial charge on any atom is 0.236 e. The number of aryl methyl sites for hydroxylation is 1. The molecule has 1 N–H and O–H groups in total. The summed E-state index contributed by atoms with van der Waals surface area (Å²) in [5.41, 5.74) is 2.27. The molecule has 3 heterocycles. The highest BCUT2D eigenvalue weighted by Gasteiger charge is 2.21. The molecular weight excluding hydrogens is 395 g/mol. The van der Waals surface area contributed by atoms with E-state index in [0.717, 1.165) is 11.3 Å². The fourth-order valence-corrected chi connectivity index (χ4v) is 3.56. The number of hydrogen-bond acceptors (Lipinski definition) is 5. The van der Waals surface area contributed by atoms with Crippen molar-refractivity contribution < 1.29 is 13.9 Å². The van der Waals surface area contributed by atoms with Crippen molar-refractivity contribution in [1.29, 1.82) is 0 Å². The summed E-state index contributed by atoms with van der Waals surface area (Å²) in [5, 5.41) is 3.60. The number of fused-ring (bicyclic) bond motifs is 2. The molecular formula is C21H16ClFN4O2. The number of benzene rings is 2. The number of hydrogen-bond donors (Lipinski definition) is 1. The fraction of sp³-hybridized carbons (Fsp3) is 0.143. The Bertz CT molecular complexity index is 1220. The zero-order chi connectivity index (χ0) is 20.0. The molecule has 6 nitrogen and oxygen atoms in total. The minimum Gasteiger partial charge on any atom is -0.486 e. The van der Waals surface area contributed by atoms with E-state index in [9.17, 15) is 4.39 Å². The topological polar surface area (TPSA) is 60.7 Å². The predicted molar refractivity (Wildman–Crippen MR) is 109 cm³/mol. The first kappa shape index (κ1) is 17.8. The van der Waals surface area contributed by atoms with Gasteiger partial charge in [-0.15, -0.1) is 0 Å². The smallest absolute Gasteiger partial charge is 0.236 e. The van der Waals surface area contributed by atoms with Gasteiger partial charge in [-0.05, 0) is 36.8 Å². The largest absolute Gasteiger partial charge is 0.486 e. The van der Waals surface area contributed by atoms with Gasteiger partial charge in [0.25, 0.3) is 0 Å². The van der Waals surface area contributed by atoms with Gasteiger partial charge in [0, 0.05) is 24.1 Å². The number of halogens is 2. The van der Waals surface area contributed by atoms with Gasteiger partial charge in [-0.2, -0.15) is 0 Å². The van der Waals surface area contributed by atoms with Crippen molar-refractivity contribution in [3.05, 3.63) is 65.2 Å². The Labute approximate surface area is 170 Å². The Kier molecular flexibility index (Phi) is 4.24. The highest BCUT2D eigenvalue weighted by atomic mass is 35.5. The average Bonchev–Trinajstić information content (AvgIpc) is 3.05. The van der Waals surface area contributed by atoms with E-state index in [2.05, 4.69) is 15.3 Å². The lowest BCUT2D eigenvalue weighted by Crippen LogP contribution is -2.15. The first-order valence-corrected chi connectivity index (χ1v) is 9.44. The molecule has 0 radical (unpaired) electrons. The third-order valence-electron chi connectivity index (χ3n) is 4.61. The molecule has 8 heteroatoms. The van der Waals surface area contributed by atoms with Gasteiger partial charge in [0.2, 0.25) is 5.78 Å². The van der Waals surface area contributed by atoms with Crippen LogP contribution in [0, 0.1) is 12.7 Å². The molecule has 2 aromatic heterocycles. The lowest BCUT2D eigenvalue weighted by Gasteiger charge is -2.19. The Hall–Kier alpha value is -3.32. The summed E-state index contributed by atoms with van der Waals surface area (Å²) in [6, 6.07) is 10.1. The zero-order valence-electron chi connectivity index (χ0n) is 15.4. The molecule has 1 aliphatic heterocycles. The first-order valence-electron chi connectivity index (χ1n) is 9.06. The second-order valence-electron chi connectivity index (χ2n) is 6.69. The Morgan fingerprint density at radius 1 is 1.14 bits per heavy atom. The van der Waals surface area contributed by atoms with Crippen LogP contribution < -0.4 is 14.8 Å². The summed E-state index contributed by atoms with van der Waals surface area (Å²) in [7, 11) is 0. The van der Waals surface area contributed by atoms with Gasteiger partial charge >= 0.3 is 0 Å². The summed E-state index contributed by atoms with van der Waals surface area (Å²) in [4.78, 5) is 8.90. The number of anilines is 2. The molecule has 0 amide bonds. The van der Waals surface area contributed by atoms with E-state index in [0.29, 0.717) is 42.0 Å². The maximum atomic E-state index is 14.7. The van der Waals surface area contributed by atoms with E-state index >= 15 is 0 Å². The molecule has 0 fully saturated rings. The normalized spacial score (nSPS) is 12.9. The van der Waals surface area contributed by atoms with E-state index in [1.807, 2.05) is 31.3 Å². The highest BCUT2D eigenvalue weighted by Crippen LogP contribution is 2.38. The van der Waals surface area contributed by atoms with E-state index < -0.39 is 5.82 Å². The standard InChI is InChI=1S/C21H16ClFN4O2/c1-12-10-24-21-26-19(18-14(22)3-2-4-15(18)23)20(27(21)11-12)25-13-5-6-16-17(9-13)29-8-7-28-16/h2-6,9-11,25H,7-8H2,1H3. The van der Waals surface area contributed by atoms with E-state index in [1.165, 1.54) is 6.07 Å². The molecule has 2 aromatic carbocycles.